The molecule has 0 radical (unpaired) electrons. The second-order valence-electron chi connectivity index (χ2n) is 3.31. The molecule has 0 bridgehead atoms. The van der Waals surface area contributed by atoms with Gasteiger partial charge in [-0.05, 0) is 19.4 Å². The number of aliphatic hydroxyl groups excluding tert-OH is 1. The van der Waals surface area contributed by atoms with Gasteiger partial charge >= 0.3 is 0 Å². The molecule has 1 atom stereocenters. The van der Waals surface area contributed by atoms with Crippen LogP contribution in [0.15, 0.2) is 0 Å². The third-order valence-corrected chi connectivity index (χ3v) is 2.16. The molecule has 4 nitrogen and oxygen atoms in total. The average molecular weight is 172 g/mol. The lowest BCUT2D eigenvalue weighted by Crippen LogP contribution is -2.39. The lowest BCUT2D eigenvalue weighted by atomic mass is 10.1. The molecule has 1 heterocycles. The van der Waals surface area contributed by atoms with Crippen LogP contribution in [0.25, 0.3) is 0 Å². The molecule has 0 aliphatic carbocycles. The summed E-state index contributed by atoms with van der Waals surface area (Å²) in [7, 11) is 0. The van der Waals surface area contributed by atoms with Gasteiger partial charge in [-0.25, -0.2) is 0 Å². The Morgan fingerprint density at radius 2 is 2.42 bits per heavy atom. The van der Waals surface area contributed by atoms with Crippen molar-refractivity contribution in [3.05, 3.63) is 0 Å². The highest BCUT2D eigenvalue weighted by molar-refractivity contribution is 5.73. The third kappa shape index (κ3) is 3.19. The largest absolute Gasteiger partial charge is 0.392 e. The first-order valence-corrected chi connectivity index (χ1v) is 4.37. The quantitative estimate of drug-likeness (QED) is 0.592. The van der Waals surface area contributed by atoms with Gasteiger partial charge in [0.2, 0.25) is 5.91 Å². The van der Waals surface area contributed by atoms with Gasteiger partial charge < -0.3 is 15.7 Å². The van der Waals surface area contributed by atoms with Crippen LogP contribution in [-0.2, 0) is 4.79 Å². The van der Waals surface area contributed by atoms with Crippen molar-refractivity contribution in [3.63, 3.8) is 0 Å². The highest BCUT2D eigenvalue weighted by atomic mass is 16.3. The number of rotatable bonds is 3. The molecule has 0 aromatic heterocycles. The minimum absolute atomic E-state index is 0.216. The van der Waals surface area contributed by atoms with Gasteiger partial charge in [0.1, 0.15) is 0 Å². The molecule has 70 valence electrons. The van der Waals surface area contributed by atoms with Gasteiger partial charge in [0.25, 0.3) is 0 Å². The SMILES string of the molecule is NC(=O)CCN1CCC[C@H](O)C1. The first-order chi connectivity index (χ1) is 5.68. The molecule has 12 heavy (non-hydrogen) atoms. The Labute approximate surface area is 72.3 Å². The van der Waals surface area contributed by atoms with E-state index in [1.54, 1.807) is 0 Å². The topological polar surface area (TPSA) is 66.6 Å². The molecular formula is C8H16N2O2. The van der Waals surface area contributed by atoms with Gasteiger partial charge in [-0.3, -0.25) is 4.79 Å². The Kier molecular flexibility index (Phi) is 3.49. The Morgan fingerprint density at radius 1 is 1.67 bits per heavy atom. The Hall–Kier alpha value is -0.610. The van der Waals surface area contributed by atoms with Crippen LogP contribution in [0.3, 0.4) is 0 Å². The summed E-state index contributed by atoms with van der Waals surface area (Å²) in [6, 6.07) is 0. The number of β-amino-alcohol motifs (C(OH)–C–C–N with tert-alkyl or cyclic N) is 1. The zero-order valence-corrected chi connectivity index (χ0v) is 7.20. The van der Waals surface area contributed by atoms with Gasteiger partial charge in [0.15, 0.2) is 0 Å². The van der Waals surface area contributed by atoms with Crippen LogP contribution in [0.2, 0.25) is 0 Å². The van der Waals surface area contributed by atoms with Crippen molar-refractivity contribution in [1.82, 2.24) is 4.90 Å². The normalized spacial score (nSPS) is 25.6. The monoisotopic (exact) mass is 172 g/mol. The summed E-state index contributed by atoms with van der Waals surface area (Å²) in [6.07, 6.45) is 2.08. The van der Waals surface area contributed by atoms with Crippen molar-refractivity contribution in [2.45, 2.75) is 25.4 Å². The van der Waals surface area contributed by atoms with E-state index in [9.17, 15) is 9.90 Å². The first-order valence-electron chi connectivity index (χ1n) is 4.37. The van der Waals surface area contributed by atoms with Crippen LogP contribution in [-0.4, -0.2) is 41.7 Å². The number of piperidine rings is 1. The molecule has 0 spiro atoms. The average Bonchev–Trinajstić information content (AvgIpc) is 2.01. The van der Waals surface area contributed by atoms with E-state index in [1.165, 1.54) is 0 Å². The Morgan fingerprint density at radius 3 is 3.00 bits per heavy atom. The number of hydrogen-bond acceptors (Lipinski definition) is 3. The molecule has 0 unspecified atom stereocenters. The summed E-state index contributed by atoms with van der Waals surface area (Å²) in [5, 5.41) is 9.29. The van der Waals surface area contributed by atoms with E-state index in [4.69, 9.17) is 5.73 Å². The van der Waals surface area contributed by atoms with E-state index in [2.05, 4.69) is 4.90 Å². The highest BCUT2D eigenvalue weighted by Crippen LogP contribution is 2.09. The summed E-state index contributed by atoms with van der Waals surface area (Å²) in [4.78, 5) is 12.5. The van der Waals surface area contributed by atoms with E-state index >= 15 is 0 Å². The molecule has 1 saturated heterocycles. The molecule has 4 heteroatoms. The maximum absolute atomic E-state index is 10.5. The molecule has 1 aliphatic rings. The molecule has 1 aliphatic heterocycles. The second kappa shape index (κ2) is 4.42. The van der Waals surface area contributed by atoms with Crippen molar-refractivity contribution in [1.29, 1.82) is 0 Å². The summed E-state index contributed by atoms with van der Waals surface area (Å²) in [6.45, 7) is 2.35. The molecule has 0 aromatic carbocycles. The summed E-state index contributed by atoms with van der Waals surface area (Å²) < 4.78 is 0. The predicted octanol–water partition coefficient (Wildman–Crippen LogP) is -0.682. The number of aliphatic hydroxyl groups is 1. The van der Waals surface area contributed by atoms with Gasteiger partial charge in [-0.15, -0.1) is 0 Å². The minimum atomic E-state index is -0.268. The van der Waals surface area contributed by atoms with Gasteiger partial charge in [-0.1, -0.05) is 0 Å². The van der Waals surface area contributed by atoms with Crippen LogP contribution < -0.4 is 5.73 Å². The van der Waals surface area contributed by atoms with Crippen LogP contribution >= 0.6 is 0 Å². The van der Waals surface area contributed by atoms with Crippen molar-refractivity contribution < 1.29 is 9.90 Å². The number of hydrogen-bond donors (Lipinski definition) is 2. The number of primary amides is 1. The number of nitrogens with two attached hydrogens (primary N) is 1. The van der Waals surface area contributed by atoms with Crippen molar-refractivity contribution >= 4 is 5.91 Å². The lowest BCUT2D eigenvalue weighted by molar-refractivity contribution is -0.118. The maximum atomic E-state index is 10.5. The van der Waals surface area contributed by atoms with Gasteiger partial charge in [0.05, 0.1) is 6.10 Å². The summed E-state index contributed by atoms with van der Waals surface area (Å²) >= 11 is 0. The Bertz CT molecular complexity index is 161. The second-order valence-corrected chi connectivity index (χ2v) is 3.31. The summed E-state index contributed by atoms with van der Waals surface area (Å²) in [5.41, 5.74) is 5.02. The fraction of sp³-hybridized carbons (Fsp3) is 0.875. The molecule has 1 rings (SSSR count). The predicted molar refractivity (Wildman–Crippen MR) is 45.5 cm³/mol. The van der Waals surface area contributed by atoms with Crippen LogP contribution in [0.1, 0.15) is 19.3 Å². The van der Waals surface area contributed by atoms with E-state index in [0.717, 1.165) is 19.4 Å². The molecule has 0 aromatic rings. The smallest absolute Gasteiger partial charge is 0.218 e. The molecule has 0 saturated carbocycles. The van der Waals surface area contributed by atoms with Crippen LogP contribution in [0, 0.1) is 0 Å². The number of carbonyl (C=O) groups excluding carboxylic acids is 1. The zero-order chi connectivity index (χ0) is 8.97. The molecule has 1 fully saturated rings. The fourth-order valence-corrected chi connectivity index (χ4v) is 1.50. The van der Waals surface area contributed by atoms with Crippen LogP contribution in [0.4, 0.5) is 0 Å². The van der Waals surface area contributed by atoms with Crippen molar-refractivity contribution in [2.75, 3.05) is 19.6 Å². The standard InChI is InChI=1S/C8H16N2O2/c9-8(12)3-5-10-4-1-2-7(11)6-10/h7,11H,1-6H2,(H2,9,12)/t7-/m0/s1. The van der Waals surface area contributed by atoms with E-state index in [1.807, 2.05) is 0 Å². The number of nitrogens with zero attached hydrogens (tertiary/aromatic N) is 1. The molecular weight excluding hydrogens is 156 g/mol. The zero-order valence-electron chi connectivity index (χ0n) is 7.20. The first kappa shape index (κ1) is 9.48. The maximum Gasteiger partial charge on any atom is 0.218 e. The van der Waals surface area contributed by atoms with Gasteiger partial charge in [0, 0.05) is 19.5 Å². The number of likely N-dealkylation sites (tertiary alicyclic amines) is 1. The number of carbonyl (C=O) groups is 1. The van der Waals surface area contributed by atoms with Crippen LogP contribution in [0.5, 0.6) is 0 Å². The molecule has 1 amide bonds. The van der Waals surface area contributed by atoms with E-state index < -0.39 is 0 Å². The molecule has 3 N–H and O–H groups in total. The number of amides is 1. The third-order valence-electron chi connectivity index (χ3n) is 2.16. The van der Waals surface area contributed by atoms with E-state index in [-0.39, 0.29) is 12.0 Å². The van der Waals surface area contributed by atoms with E-state index in [0.29, 0.717) is 19.5 Å². The Balaban J connectivity index is 2.18. The van der Waals surface area contributed by atoms with Crippen molar-refractivity contribution in [2.24, 2.45) is 5.73 Å². The highest BCUT2D eigenvalue weighted by Gasteiger charge is 2.17. The van der Waals surface area contributed by atoms with Gasteiger partial charge in [-0.2, -0.15) is 0 Å². The lowest BCUT2D eigenvalue weighted by Gasteiger charge is -2.29. The van der Waals surface area contributed by atoms with Crippen molar-refractivity contribution in [3.8, 4) is 0 Å². The fourth-order valence-electron chi connectivity index (χ4n) is 1.50. The summed E-state index contributed by atoms with van der Waals surface area (Å²) in [5.74, 6) is -0.268. The minimum Gasteiger partial charge on any atom is -0.392 e.